The fourth-order valence-electron chi connectivity index (χ4n) is 1.63. The van der Waals surface area contributed by atoms with E-state index in [2.05, 4.69) is 9.64 Å². The summed E-state index contributed by atoms with van der Waals surface area (Å²) in [5, 5.41) is 8.58. The molecule has 1 saturated heterocycles. The molecule has 0 aliphatic carbocycles. The van der Waals surface area contributed by atoms with Gasteiger partial charge in [0.1, 0.15) is 5.60 Å². The quantitative estimate of drug-likeness (QED) is 0.812. The molecule has 5 nitrogen and oxygen atoms in total. The number of aliphatic hydroxyl groups excluding tert-OH is 1. The highest BCUT2D eigenvalue weighted by molar-refractivity contribution is 5.65. The topological polar surface area (TPSA) is 75.8 Å². The lowest BCUT2D eigenvalue weighted by Crippen LogP contribution is -2.31. The number of carbonyl (C=O) groups excluding carboxylic acids is 1. The van der Waals surface area contributed by atoms with Crippen LogP contribution >= 0.6 is 0 Å². The van der Waals surface area contributed by atoms with Gasteiger partial charge in [-0.25, -0.2) is 4.79 Å². The molecule has 116 valence electrons. The van der Waals surface area contributed by atoms with E-state index in [4.69, 9.17) is 10.8 Å². The van der Waals surface area contributed by atoms with Gasteiger partial charge in [-0.05, 0) is 46.7 Å². The van der Waals surface area contributed by atoms with Gasteiger partial charge >= 0.3 is 6.09 Å². The minimum Gasteiger partial charge on any atom is -0.444 e. The van der Waals surface area contributed by atoms with Crippen LogP contribution in [0.4, 0.5) is 4.79 Å². The maximum absolute atomic E-state index is 10.0. The van der Waals surface area contributed by atoms with Gasteiger partial charge in [-0.3, -0.25) is 0 Å². The van der Waals surface area contributed by atoms with Gasteiger partial charge in [0.25, 0.3) is 0 Å². The van der Waals surface area contributed by atoms with Crippen molar-refractivity contribution < 1.29 is 14.6 Å². The van der Waals surface area contributed by atoms with Gasteiger partial charge in [0.15, 0.2) is 0 Å². The number of nitrogens with two attached hydrogens (primary N) is 1. The van der Waals surface area contributed by atoms with Gasteiger partial charge in [-0.1, -0.05) is 20.3 Å². The van der Waals surface area contributed by atoms with E-state index >= 15 is 0 Å². The molecule has 0 unspecified atom stereocenters. The van der Waals surface area contributed by atoms with E-state index in [1.807, 2.05) is 13.8 Å². The van der Waals surface area contributed by atoms with Crippen molar-refractivity contribution in [3.63, 3.8) is 0 Å². The zero-order chi connectivity index (χ0) is 15.3. The van der Waals surface area contributed by atoms with Crippen molar-refractivity contribution in [1.29, 1.82) is 0 Å². The molecule has 3 N–H and O–H groups in total. The highest BCUT2D eigenvalue weighted by atomic mass is 16.6. The number of piperidine rings is 1. The van der Waals surface area contributed by atoms with E-state index in [9.17, 15) is 4.79 Å². The van der Waals surface area contributed by atoms with Gasteiger partial charge < -0.3 is 20.5 Å². The predicted octanol–water partition coefficient (Wildman–Crippen LogP) is 2.37. The molecule has 1 amide bonds. The molecule has 0 aromatic carbocycles. The van der Waals surface area contributed by atoms with Crippen LogP contribution < -0.4 is 5.73 Å². The van der Waals surface area contributed by atoms with Crippen molar-refractivity contribution in [3.05, 3.63) is 0 Å². The number of rotatable bonds is 2. The minimum atomic E-state index is -0.725. The average Bonchev–Trinajstić information content (AvgIpc) is 2.31. The Morgan fingerprint density at radius 2 is 1.68 bits per heavy atom. The van der Waals surface area contributed by atoms with Gasteiger partial charge in [0.2, 0.25) is 0 Å². The number of ether oxygens (including phenoxy) is 1. The summed E-state index contributed by atoms with van der Waals surface area (Å²) in [7, 11) is 0. The Bertz CT molecular complexity index is 206. The number of aliphatic hydroxyl groups is 1. The Morgan fingerprint density at radius 3 is 1.95 bits per heavy atom. The van der Waals surface area contributed by atoms with Crippen LogP contribution in [0.2, 0.25) is 0 Å². The first-order valence-electron chi connectivity index (χ1n) is 7.17. The highest BCUT2D eigenvalue weighted by Crippen LogP contribution is 2.07. The van der Waals surface area contributed by atoms with E-state index in [-0.39, 0.29) is 0 Å². The molecule has 1 aliphatic rings. The summed E-state index contributed by atoms with van der Waals surface area (Å²) in [5.41, 5.74) is 4.26. The summed E-state index contributed by atoms with van der Waals surface area (Å²) in [6.07, 6.45) is 3.29. The number of hydrogen-bond donors (Lipinski definition) is 2. The van der Waals surface area contributed by atoms with Crippen LogP contribution in [0, 0.1) is 0 Å². The van der Waals surface area contributed by atoms with E-state index in [1.54, 1.807) is 20.8 Å². The normalized spacial score (nSPS) is 15.5. The lowest BCUT2D eigenvalue weighted by molar-refractivity contribution is 0.0600. The molecule has 0 aromatic rings. The summed E-state index contributed by atoms with van der Waals surface area (Å²) in [6, 6.07) is 0. The Morgan fingerprint density at radius 1 is 1.21 bits per heavy atom. The smallest absolute Gasteiger partial charge is 0.405 e. The van der Waals surface area contributed by atoms with Crippen molar-refractivity contribution in [2.24, 2.45) is 5.73 Å². The molecule has 1 rings (SSSR count). The van der Waals surface area contributed by atoms with E-state index in [0.717, 1.165) is 6.54 Å². The lowest BCUT2D eigenvalue weighted by Gasteiger charge is -2.25. The maximum Gasteiger partial charge on any atom is 0.405 e. The summed E-state index contributed by atoms with van der Waals surface area (Å²) < 4.78 is 4.58. The zero-order valence-electron chi connectivity index (χ0n) is 13.2. The number of β-amino-alcohol motifs (C(OH)–C–C–N with tert-alkyl or cyclic N) is 1. The van der Waals surface area contributed by atoms with Gasteiger partial charge in [0, 0.05) is 6.54 Å². The fourth-order valence-corrected chi connectivity index (χ4v) is 1.63. The second-order valence-corrected chi connectivity index (χ2v) is 5.16. The number of amides is 1. The Balaban J connectivity index is 0. The molecule has 0 bridgehead atoms. The van der Waals surface area contributed by atoms with Crippen LogP contribution in [0.25, 0.3) is 0 Å². The molecular weight excluding hydrogens is 244 g/mol. The zero-order valence-corrected chi connectivity index (χ0v) is 13.2. The monoisotopic (exact) mass is 276 g/mol. The Labute approximate surface area is 118 Å². The van der Waals surface area contributed by atoms with Gasteiger partial charge in [0.05, 0.1) is 6.61 Å². The number of primary amides is 1. The van der Waals surface area contributed by atoms with Crippen molar-refractivity contribution in [2.75, 3.05) is 26.2 Å². The van der Waals surface area contributed by atoms with Crippen LogP contribution in [0.1, 0.15) is 53.9 Å². The maximum atomic E-state index is 10.0. The van der Waals surface area contributed by atoms with Crippen molar-refractivity contribution in [3.8, 4) is 0 Å². The second kappa shape index (κ2) is 12.2. The first kappa shape index (κ1) is 20.5. The molecular formula is C14H32N2O3. The number of carbonyl (C=O) groups is 1. The Hall–Kier alpha value is -0.810. The first-order valence-corrected chi connectivity index (χ1v) is 7.17. The average molecular weight is 276 g/mol. The van der Waals surface area contributed by atoms with Crippen molar-refractivity contribution >= 4 is 6.09 Å². The third kappa shape index (κ3) is 17.2. The van der Waals surface area contributed by atoms with Gasteiger partial charge in [-0.2, -0.15) is 0 Å². The molecule has 0 spiro atoms. The summed E-state index contributed by atoms with van der Waals surface area (Å²) in [4.78, 5) is 12.3. The summed E-state index contributed by atoms with van der Waals surface area (Å²) in [5.74, 6) is 0. The number of nitrogens with zero attached hydrogens (tertiary/aromatic N) is 1. The molecule has 1 heterocycles. The van der Waals surface area contributed by atoms with Crippen molar-refractivity contribution in [1.82, 2.24) is 4.90 Å². The fraction of sp³-hybridized carbons (Fsp3) is 0.929. The predicted molar refractivity (Wildman–Crippen MR) is 79.1 cm³/mol. The van der Waals surface area contributed by atoms with Crippen molar-refractivity contribution in [2.45, 2.75) is 59.5 Å². The molecule has 1 aliphatic heterocycles. The lowest BCUT2D eigenvalue weighted by atomic mass is 10.1. The largest absolute Gasteiger partial charge is 0.444 e. The molecule has 0 aromatic heterocycles. The standard InChI is InChI=1S/C7H15NO.C5H11NO2.C2H6/c9-7-6-8-4-2-1-3-5-8;1-5(2,3)8-4(6)7;1-2/h9H,1-7H2;1-3H3,(H2,6,7);1-2H3. The molecule has 1 fully saturated rings. The molecule has 0 atom stereocenters. The minimum absolute atomic E-state index is 0.319. The summed E-state index contributed by atoms with van der Waals surface area (Å²) in [6.45, 7) is 12.9. The highest BCUT2D eigenvalue weighted by Gasteiger charge is 2.12. The van der Waals surface area contributed by atoms with E-state index < -0.39 is 11.7 Å². The SMILES string of the molecule is CC.CC(C)(C)OC(N)=O.OCCN1CCCCC1. The van der Waals surface area contributed by atoms with Crippen LogP contribution in [-0.4, -0.2) is 47.9 Å². The Kier molecular flexibility index (Phi) is 13.2. The van der Waals surface area contributed by atoms with E-state index in [0.29, 0.717) is 6.61 Å². The number of likely N-dealkylation sites (tertiary alicyclic amines) is 1. The van der Waals surface area contributed by atoms with Crippen LogP contribution in [0.3, 0.4) is 0 Å². The van der Waals surface area contributed by atoms with E-state index in [1.165, 1.54) is 32.4 Å². The third-order valence-electron chi connectivity index (χ3n) is 2.27. The first-order chi connectivity index (χ1) is 8.85. The molecule has 5 heteroatoms. The third-order valence-corrected chi connectivity index (χ3v) is 2.27. The van der Waals surface area contributed by atoms with Crippen LogP contribution in [-0.2, 0) is 4.74 Å². The van der Waals surface area contributed by atoms with Gasteiger partial charge in [-0.15, -0.1) is 0 Å². The molecule has 0 radical (unpaired) electrons. The van der Waals surface area contributed by atoms with Crippen LogP contribution in [0.5, 0.6) is 0 Å². The summed E-state index contributed by atoms with van der Waals surface area (Å²) >= 11 is 0. The second-order valence-electron chi connectivity index (χ2n) is 5.16. The molecule has 19 heavy (non-hydrogen) atoms. The van der Waals surface area contributed by atoms with Crippen LogP contribution in [0.15, 0.2) is 0 Å². The number of hydrogen-bond acceptors (Lipinski definition) is 4. The molecule has 0 saturated carbocycles.